The smallest absolute Gasteiger partial charge is 0.319 e. The fourth-order valence-electron chi connectivity index (χ4n) is 4.48. The van der Waals surface area contributed by atoms with Gasteiger partial charge in [0.05, 0.1) is 18.8 Å². The van der Waals surface area contributed by atoms with Crippen molar-refractivity contribution in [2.45, 2.75) is 46.1 Å². The average Bonchev–Trinajstić information content (AvgIpc) is 3.08. The molecule has 2 aliphatic rings. The van der Waals surface area contributed by atoms with Crippen LogP contribution in [0.15, 0.2) is 6.20 Å². The Morgan fingerprint density at radius 2 is 2.04 bits per heavy atom. The molecule has 3 atom stereocenters. The third kappa shape index (κ3) is 3.60. The van der Waals surface area contributed by atoms with Gasteiger partial charge in [-0.05, 0) is 38.5 Å². The quantitative estimate of drug-likeness (QED) is 0.816. The lowest BCUT2D eigenvalue weighted by atomic mass is 9.83. The van der Waals surface area contributed by atoms with Crippen molar-refractivity contribution in [3.63, 3.8) is 0 Å². The zero-order valence-corrected chi connectivity index (χ0v) is 15.9. The molecule has 0 radical (unpaired) electrons. The normalized spacial score (nSPS) is 29.2. The van der Waals surface area contributed by atoms with Crippen LogP contribution in [-0.2, 0) is 5.60 Å². The molecule has 3 rings (SSSR count). The van der Waals surface area contributed by atoms with E-state index in [2.05, 4.69) is 28.7 Å². The lowest BCUT2D eigenvalue weighted by Crippen LogP contribution is -2.36. The van der Waals surface area contributed by atoms with Gasteiger partial charge in [-0.3, -0.25) is 0 Å². The summed E-state index contributed by atoms with van der Waals surface area (Å²) < 4.78 is 11.1. The van der Waals surface area contributed by atoms with E-state index in [-0.39, 0.29) is 5.92 Å². The van der Waals surface area contributed by atoms with E-state index < -0.39 is 5.60 Å². The molecule has 140 valence electrons. The Balaban J connectivity index is 1.87. The first kappa shape index (κ1) is 18.4. The van der Waals surface area contributed by atoms with Gasteiger partial charge in [-0.25, -0.2) is 4.98 Å². The van der Waals surface area contributed by atoms with E-state index in [0.717, 1.165) is 38.0 Å². The molecule has 1 saturated heterocycles. The van der Waals surface area contributed by atoms with Crippen LogP contribution in [0.1, 0.15) is 46.1 Å². The van der Waals surface area contributed by atoms with Crippen molar-refractivity contribution in [2.75, 3.05) is 32.8 Å². The molecule has 1 aromatic heterocycles. The van der Waals surface area contributed by atoms with Gasteiger partial charge in [-0.2, -0.15) is 4.98 Å². The Morgan fingerprint density at radius 1 is 1.28 bits per heavy atom. The molecule has 6 nitrogen and oxygen atoms in total. The molecule has 1 aliphatic carbocycles. The maximum Gasteiger partial charge on any atom is 0.319 e. The van der Waals surface area contributed by atoms with Crippen molar-refractivity contribution in [3.8, 4) is 11.9 Å². The molecule has 25 heavy (non-hydrogen) atoms. The summed E-state index contributed by atoms with van der Waals surface area (Å²) in [6.07, 6.45) is 3.49. The number of aliphatic hydroxyl groups is 1. The van der Waals surface area contributed by atoms with Gasteiger partial charge >= 0.3 is 6.01 Å². The number of aromatic nitrogens is 2. The minimum Gasteiger partial charge on any atom is -0.478 e. The summed E-state index contributed by atoms with van der Waals surface area (Å²) in [5, 5.41) is 11.6. The van der Waals surface area contributed by atoms with E-state index in [4.69, 9.17) is 9.47 Å². The van der Waals surface area contributed by atoms with Crippen molar-refractivity contribution in [3.05, 3.63) is 11.8 Å². The van der Waals surface area contributed by atoms with Gasteiger partial charge in [0.1, 0.15) is 5.60 Å². The summed E-state index contributed by atoms with van der Waals surface area (Å²) in [6, 6.07) is 0.306. The van der Waals surface area contributed by atoms with Gasteiger partial charge in [0.15, 0.2) is 0 Å². The highest BCUT2D eigenvalue weighted by Gasteiger charge is 2.53. The van der Waals surface area contributed by atoms with E-state index in [1.54, 1.807) is 6.20 Å². The highest BCUT2D eigenvalue weighted by Crippen LogP contribution is 2.52. The van der Waals surface area contributed by atoms with Gasteiger partial charge in [0, 0.05) is 31.7 Å². The van der Waals surface area contributed by atoms with Gasteiger partial charge < -0.3 is 19.5 Å². The predicted molar refractivity (Wildman–Crippen MR) is 95.8 cm³/mol. The van der Waals surface area contributed by atoms with Crippen LogP contribution in [0.25, 0.3) is 0 Å². The van der Waals surface area contributed by atoms with Crippen LogP contribution in [0.5, 0.6) is 11.9 Å². The summed E-state index contributed by atoms with van der Waals surface area (Å²) >= 11 is 0. The lowest BCUT2D eigenvalue weighted by Gasteiger charge is -2.31. The fourth-order valence-corrected chi connectivity index (χ4v) is 4.48. The number of nitrogens with zero attached hydrogens (tertiary/aromatic N) is 3. The highest BCUT2D eigenvalue weighted by molar-refractivity contribution is 5.34. The number of fused-ring (bicyclic) bond motifs is 1. The Kier molecular flexibility index (Phi) is 5.49. The van der Waals surface area contributed by atoms with Crippen LogP contribution < -0.4 is 9.47 Å². The second-order valence-electron chi connectivity index (χ2n) is 7.68. The van der Waals surface area contributed by atoms with Gasteiger partial charge in [0.2, 0.25) is 5.88 Å². The van der Waals surface area contributed by atoms with Gasteiger partial charge in [-0.15, -0.1) is 0 Å². The van der Waals surface area contributed by atoms with E-state index in [0.29, 0.717) is 36.9 Å². The van der Waals surface area contributed by atoms with Crippen LogP contribution in [0.3, 0.4) is 0 Å². The Hall–Kier alpha value is -1.40. The van der Waals surface area contributed by atoms with Crippen molar-refractivity contribution in [2.24, 2.45) is 17.8 Å². The molecular formula is C19H31N3O3. The molecule has 1 unspecified atom stereocenters. The number of hydrogen-bond donors (Lipinski definition) is 1. The molecule has 6 heteroatoms. The molecular weight excluding hydrogens is 318 g/mol. The van der Waals surface area contributed by atoms with Crippen LogP contribution in [-0.4, -0.2) is 52.8 Å². The number of rotatable bonds is 7. The van der Waals surface area contributed by atoms with Crippen LogP contribution in [0.2, 0.25) is 0 Å². The molecule has 1 aromatic rings. The molecule has 0 amide bonds. The molecule has 1 aliphatic heterocycles. The van der Waals surface area contributed by atoms with Gasteiger partial charge in [-0.1, -0.05) is 13.8 Å². The molecule has 1 N–H and O–H groups in total. The molecule has 1 saturated carbocycles. The maximum absolute atomic E-state index is 11.6. The number of hydrogen-bond acceptors (Lipinski definition) is 6. The topological polar surface area (TPSA) is 67.7 Å². The summed E-state index contributed by atoms with van der Waals surface area (Å²) in [5.41, 5.74) is -0.192. The molecule has 0 aromatic carbocycles. The van der Waals surface area contributed by atoms with Crippen LogP contribution in [0, 0.1) is 17.8 Å². The Labute approximate surface area is 150 Å². The summed E-state index contributed by atoms with van der Waals surface area (Å²) in [4.78, 5) is 11.2. The minimum atomic E-state index is -0.911. The summed E-state index contributed by atoms with van der Waals surface area (Å²) in [7, 11) is 0. The average molecular weight is 349 g/mol. The Morgan fingerprint density at radius 3 is 2.72 bits per heavy atom. The molecule has 2 fully saturated rings. The zero-order valence-electron chi connectivity index (χ0n) is 15.9. The first-order valence-electron chi connectivity index (χ1n) is 9.55. The van der Waals surface area contributed by atoms with Gasteiger partial charge in [0.25, 0.3) is 0 Å². The first-order valence-corrected chi connectivity index (χ1v) is 9.55. The third-order valence-electron chi connectivity index (χ3n) is 5.40. The standard InChI is InChI=1S/C19H31N3O3/c1-5-24-17-15(9-20-18(21-17)25-6-2)19(23)8-7-14-11-22(10-13(3)4)12-16(14)19/h9,13-14,16,23H,5-8,10-12H2,1-4H3/t14-,16?,19+/m0/s1. The fraction of sp³-hybridized carbons (Fsp3) is 0.789. The second kappa shape index (κ2) is 7.46. The zero-order chi connectivity index (χ0) is 18.0. The van der Waals surface area contributed by atoms with Crippen molar-refractivity contribution < 1.29 is 14.6 Å². The third-order valence-corrected chi connectivity index (χ3v) is 5.40. The minimum absolute atomic E-state index is 0.215. The lowest BCUT2D eigenvalue weighted by molar-refractivity contribution is -0.0102. The van der Waals surface area contributed by atoms with Crippen LogP contribution in [0.4, 0.5) is 0 Å². The van der Waals surface area contributed by atoms with Crippen molar-refractivity contribution >= 4 is 0 Å². The summed E-state index contributed by atoms with van der Waals surface area (Å²) in [6.45, 7) is 12.4. The van der Waals surface area contributed by atoms with E-state index in [1.165, 1.54) is 0 Å². The number of likely N-dealkylation sites (tertiary alicyclic amines) is 1. The SMILES string of the molecule is CCOc1ncc([C@]2(O)CC[C@H]3CN(CC(C)C)CC32)c(OCC)n1. The van der Waals surface area contributed by atoms with E-state index >= 15 is 0 Å². The van der Waals surface area contributed by atoms with Crippen molar-refractivity contribution in [1.29, 1.82) is 0 Å². The largest absolute Gasteiger partial charge is 0.478 e. The summed E-state index contributed by atoms with van der Waals surface area (Å²) in [5.74, 6) is 1.85. The second-order valence-corrected chi connectivity index (χ2v) is 7.68. The van der Waals surface area contributed by atoms with E-state index in [9.17, 15) is 5.11 Å². The number of ether oxygens (including phenoxy) is 2. The first-order chi connectivity index (χ1) is 12.0. The van der Waals surface area contributed by atoms with E-state index in [1.807, 2.05) is 13.8 Å². The highest BCUT2D eigenvalue weighted by atomic mass is 16.5. The van der Waals surface area contributed by atoms with Crippen molar-refractivity contribution in [1.82, 2.24) is 14.9 Å². The predicted octanol–water partition coefficient (Wildman–Crippen LogP) is 2.46. The van der Waals surface area contributed by atoms with Crippen LogP contribution >= 0.6 is 0 Å². The Bertz CT molecular complexity index is 595. The molecule has 0 bridgehead atoms. The molecule has 0 spiro atoms. The monoisotopic (exact) mass is 349 g/mol. The molecule has 2 heterocycles. The maximum atomic E-state index is 11.6.